The maximum Gasteiger partial charge on any atom is 0.0530 e. The number of hydrogen-bond acceptors (Lipinski definition) is 0. The molecule has 0 rings (SSSR count). The van der Waals surface area contributed by atoms with Crippen molar-refractivity contribution in [1.29, 1.82) is 0 Å². The Labute approximate surface area is 98.9 Å². The molecule has 0 saturated carbocycles. The molecule has 0 heterocycles. The van der Waals surface area contributed by atoms with Crippen LogP contribution in [0, 0.1) is 11.8 Å². The van der Waals surface area contributed by atoms with Crippen LogP contribution in [0.25, 0.3) is 0 Å². The van der Waals surface area contributed by atoms with E-state index in [1.165, 1.54) is 24.9 Å². The zero-order valence-corrected chi connectivity index (χ0v) is 12.9. The van der Waals surface area contributed by atoms with Crippen LogP contribution in [0.1, 0.15) is 54.4 Å². The summed E-state index contributed by atoms with van der Waals surface area (Å²) in [6.07, 6.45) is 2.93. The van der Waals surface area contributed by atoms with E-state index in [2.05, 4.69) is 41.5 Å². The lowest BCUT2D eigenvalue weighted by Gasteiger charge is -2.31. The molecule has 0 aliphatic carbocycles. The Bertz CT molecular complexity index is 131. The van der Waals surface area contributed by atoms with Crippen LogP contribution in [0.5, 0.6) is 0 Å². The van der Waals surface area contributed by atoms with Crippen LogP contribution in [-0.2, 0) is 0 Å². The van der Waals surface area contributed by atoms with Crippen LogP contribution in [0.4, 0.5) is 0 Å². The van der Waals surface area contributed by atoms with Crippen molar-refractivity contribution >= 4 is 8.07 Å². The smallest absolute Gasteiger partial charge is 0.0530 e. The van der Waals surface area contributed by atoms with Crippen molar-refractivity contribution in [2.75, 3.05) is 0 Å². The van der Waals surface area contributed by atoms with Crippen molar-refractivity contribution in [3.05, 3.63) is 0 Å². The van der Waals surface area contributed by atoms with Gasteiger partial charge in [-0.05, 0) is 11.8 Å². The van der Waals surface area contributed by atoms with Crippen molar-refractivity contribution in [3.63, 3.8) is 0 Å². The summed E-state index contributed by atoms with van der Waals surface area (Å²) < 4.78 is 0. The van der Waals surface area contributed by atoms with E-state index in [-0.39, 0.29) is 0 Å². The molecule has 0 saturated heterocycles. The van der Waals surface area contributed by atoms with E-state index in [1.807, 2.05) is 0 Å². The van der Waals surface area contributed by atoms with Crippen LogP contribution in [0.3, 0.4) is 0 Å². The summed E-state index contributed by atoms with van der Waals surface area (Å²) in [5.74, 6) is 1.79. The highest BCUT2D eigenvalue weighted by molar-refractivity contribution is 6.79. The third-order valence-corrected chi connectivity index (χ3v) is 9.70. The number of rotatable bonds is 8. The van der Waals surface area contributed by atoms with Crippen LogP contribution in [0.2, 0.25) is 24.2 Å². The molecule has 0 amide bonds. The maximum absolute atomic E-state index is 2.44. The van der Waals surface area contributed by atoms with E-state index in [1.54, 1.807) is 12.1 Å². The molecule has 0 bridgehead atoms. The molecule has 0 aromatic rings. The van der Waals surface area contributed by atoms with Gasteiger partial charge in [-0.1, -0.05) is 78.6 Å². The summed E-state index contributed by atoms with van der Waals surface area (Å²) in [4.78, 5) is 0. The third kappa shape index (κ3) is 6.39. The van der Waals surface area contributed by atoms with Gasteiger partial charge in [-0.2, -0.15) is 0 Å². The highest BCUT2D eigenvalue weighted by Gasteiger charge is 2.28. The van der Waals surface area contributed by atoms with Crippen molar-refractivity contribution in [2.24, 2.45) is 11.8 Å². The largest absolute Gasteiger partial charge is 0.0678 e. The third-order valence-electron chi connectivity index (χ3n) is 4.00. The molecule has 0 nitrogen and oxygen atoms in total. The van der Waals surface area contributed by atoms with E-state index in [0.29, 0.717) is 0 Å². The lowest BCUT2D eigenvalue weighted by molar-refractivity contribution is 0.599. The zero-order chi connectivity index (χ0) is 11.9. The van der Waals surface area contributed by atoms with Crippen LogP contribution < -0.4 is 0 Å². The topological polar surface area (TPSA) is 0 Å². The molecule has 0 radical (unpaired) electrons. The molecule has 0 atom stereocenters. The minimum atomic E-state index is -0.869. The summed E-state index contributed by atoms with van der Waals surface area (Å²) in [7, 11) is -0.869. The average molecular weight is 228 g/mol. The molecule has 0 unspecified atom stereocenters. The Hall–Kier alpha value is 0.217. The molecule has 0 fully saturated rings. The minimum Gasteiger partial charge on any atom is -0.0678 e. The first kappa shape index (κ1) is 15.2. The average Bonchev–Trinajstić information content (AvgIpc) is 2.19. The highest BCUT2D eigenvalue weighted by atomic mass is 28.3. The predicted octanol–water partition coefficient (Wildman–Crippen LogP) is 5.57. The SMILES string of the molecule is CC[Si](CC)(CCC(C)C)CCC(C)C. The van der Waals surface area contributed by atoms with Crippen molar-refractivity contribution in [3.8, 4) is 0 Å². The molecule has 92 valence electrons. The van der Waals surface area contributed by atoms with E-state index < -0.39 is 8.07 Å². The first-order valence-corrected chi connectivity index (χ1v) is 9.78. The molecule has 0 aromatic carbocycles. The predicted molar refractivity (Wildman–Crippen MR) is 75.2 cm³/mol. The van der Waals surface area contributed by atoms with Crippen LogP contribution >= 0.6 is 0 Å². The number of hydrogen-bond donors (Lipinski definition) is 0. The van der Waals surface area contributed by atoms with Crippen molar-refractivity contribution in [1.82, 2.24) is 0 Å². The fourth-order valence-corrected chi connectivity index (χ4v) is 6.82. The van der Waals surface area contributed by atoms with E-state index in [0.717, 1.165) is 11.8 Å². The summed E-state index contributed by atoms with van der Waals surface area (Å²) in [5.41, 5.74) is 0. The maximum atomic E-state index is 2.44. The summed E-state index contributed by atoms with van der Waals surface area (Å²) >= 11 is 0. The van der Waals surface area contributed by atoms with Gasteiger partial charge in [0.15, 0.2) is 0 Å². The lowest BCUT2D eigenvalue weighted by atomic mass is 10.2. The van der Waals surface area contributed by atoms with Gasteiger partial charge in [0, 0.05) is 0 Å². The highest BCUT2D eigenvalue weighted by Crippen LogP contribution is 2.31. The van der Waals surface area contributed by atoms with Gasteiger partial charge in [0.05, 0.1) is 8.07 Å². The van der Waals surface area contributed by atoms with Gasteiger partial charge >= 0.3 is 0 Å². The molecule has 1 heteroatoms. The van der Waals surface area contributed by atoms with Crippen molar-refractivity contribution in [2.45, 2.75) is 78.6 Å². The Morgan fingerprint density at radius 3 is 1.27 bits per heavy atom. The van der Waals surface area contributed by atoms with E-state index in [9.17, 15) is 0 Å². The van der Waals surface area contributed by atoms with Crippen LogP contribution in [0.15, 0.2) is 0 Å². The Kier molecular flexibility index (Phi) is 7.59. The second kappa shape index (κ2) is 7.48. The Balaban J connectivity index is 4.17. The van der Waals surface area contributed by atoms with E-state index >= 15 is 0 Å². The molecule has 0 aliphatic heterocycles. The molecular formula is C14H32Si. The molecular weight excluding hydrogens is 196 g/mol. The first-order valence-electron chi connectivity index (χ1n) is 6.95. The Morgan fingerprint density at radius 1 is 0.733 bits per heavy atom. The van der Waals surface area contributed by atoms with E-state index in [4.69, 9.17) is 0 Å². The molecule has 0 aromatic heterocycles. The quantitative estimate of drug-likeness (QED) is 0.477. The van der Waals surface area contributed by atoms with Gasteiger partial charge < -0.3 is 0 Å². The summed E-state index contributed by atoms with van der Waals surface area (Å²) in [5, 5.41) is 0. The zero-order valence-electron chi connectivity index (χ0n) is 11.9. The fraction of sp³-hybridized carbons (Fsp3) is 1.00. The summed E-state index contributed by atoms with van der Waals surface area (Å²) in [6, 6.07) is 6.15. The van der Waals surface area contributed by atoms with Gasteiger partial charge in [-0.25, -0.2) is 0 Å². The van der Waals surface area contributed by atoms with Crippen LogP contribution in [-0.4, -0.2) is 8.07 Å². The standard InChI is InChI=1S/C14H32Si/c1-7-15(8-2,11-9-13(3)4)12-10-14(5)6/h13-14H,7-12H2,1-6H3. The fourth-order valence-electron chi connectivity index (χ4n) is 2.27. The first-order chi connectivity index (χ1) is 6.95. The van der Waals surface area contributed by atoms with Gasteiger partial charge in [-0.15, -0.1) is 0 Å². The second-order valence-corrected chi connectivity index (χ2v) is 11.5. The molecule has 0 aliphatic rings. The monoisotopic (exact) mass is 228 g/mol. The second-order valence-electron chi connectivity index (χ2n) is 6.07. The van der Waals surface area contributed by atoms with Gasteiger partial charge in [0.25, 0.3) is 0 Å². The molecule has 0 N–H and O–H groups in total. The lowest BCUT2D eigenvalue weighted by Crippen LogP contribution is -2.32. The van der Waals surface area contributed by atoms with Crippen molar-refractivity contribution < 1.29 is 0 Å². The minimum absolute atomic E-state index is 0.869. The van der Waals surface area contributed by atoms with Gasteiger partial charge in [0.1, 0.15) is 0 Å². The van der Waals surface area contributed by atoms with Gasteiger partial charge in [-0.3, -0.25) is 0 Å². The Morgan fingerprint density at radius 2 is 1.07 bits per heavy atom. The summed E-state index contributed by atoms with van der Waals surface area (Å²) in [6.45, 7) is 14.4. The molecule has 15 heavy (non-hydrogen) atoms. The normalized spacial score (nSPS) is 12.8. The van der Waals surface area contributed by atoms with Gasteiger partial charge in [0.2, 0.25) is 0 Å². The molecule has 0 spiro atoms.